The van der Waals surface area contributed by atoms with Crippen molar-refractivity contribution in [1.29, 1.82) is 10.5 Å². The molecule has 23 heavy (non-hydrogen) atoms. The molecule has 0 atom stereocenters. The van der Waals surface area contributed by atoms with Crippen LogP contribution < -0.4 is 10.2 Å². The van der Waals surface area contributed by atoms with E-state index in [4.69, 9.17) is 10.5 Å². The quantitative estimate of drug-likeness (QED) is 0.394. The number of nitrogens with zero attached hydrogens (tertiary/aromatic N) is 6. The Labute approximate surface area is 134 Å². The maximum absolute atomic E-state index is 11.5. The van der Waals surface area contributed by atoms with Gasteiger partial charge in [0.25, 0.3) is 0 Å². The van der Waals surface area contributed by atoms with Crippen LogP contribution in [-0.4, -0.2) is 34.5 Å². The van der Waals surface area contributed by atoms with Gasteiger partial charge in [0, 0.05) is 19.6 Å². The lowest BCUT2D eigenvalue weighted by Gasteiger charge is -2.21. The number of hydrogen-bond acceptors (Lipinski definition) is 8. The first kappa shape index (κ1) is 18.1. The third kappa shape index (κ3) is 5.40. The highest BCUT2D eigenvalue weighted by atomic mass is 16.6. The number of nitriles is 2. The van der Waals surface area contributed by atoms with Crippen molar-refractivity contribution in [3.8, 4) is 12.1 Å². The normalized spacial score (nSPS) is 9.70. The molecule has 0 saturated heterocycles. The van der Waals surface area contributed by atoms with E-state index in [2.05, 4.69) is 15.3 Å². The SMILES string of the molecule is CCCCNc1ncnc(N(CCC#N)CCC#N)c1[N+](=O)[O-]. The first-order chi connectivity index (χ1) is 11.2. The third-order valence-corrected chi connectivity index (χ3v) is 3.09. The Morgan fingerprint density at radius 2 is 1.96 bits per heavy atom. The van der Waals surface area contributed by atoms with Crippen LogP contribution >= 0.6 is 0 Å². The van der Waals surface area contributed by atoms with E-state index >= 15 is 0 Å². The van der Waals surface area contributed by atoms with E-state index < -0.39 is 4.92 Å². The fourth-order valence-electron chi connectivity index (χ4n) is 1.98. The largest absolute Gasteiger partial charge is 0.364 e. The zero-order valence-electron chi connectivity index (χ0n) is 13.0. The molecule has 1 N–H and O–H groups in total. The van der Waals surface area contributed by atoms with Crippen LogP contribution in [0.1, 0.15) is 32.6 Å². The van der Waals surface area contributed by atoms with Crippen LogP contribution in [0.15, 0.2) is 6.33 Å². The molecule has 122 valence electrons. The van der Waals surface area contributed by atoms with Gasteiger partial charge in [-0.3, -0.25) is 10.1 Å². The maximum atomic E-state index is 11.5. The van der Waals surface area contributed by atoms with E-state index in [0.717, 1.165) is 12.8 Å². The first-order valence-corrected chi connectivity index (χ1v) is 7.37. The van der Waals surface area contributed by atoms with Crippen LogP contribution in [0.4, 0.5) is 17.3 Å². The third-order valence-electron chi connectivity index (χ3n) is 3.09. The van der Waals surface area contributed by atoms with Gasteiger partial charge < -0.3 is 10.2 Å². The Bertz CT molecular complexity index is 588. The zero-order valence-corrected chi connectivity index (χ0v) is 13.0. The smallest absolute Gasteiger partial charge is 0.353 e. The summed E-state index contributed by atoms with van der Waals surface area (Å²) in [4.78, 5) is 20.5. The molecule has 0 unspecified atom stereocenters. The highest BCUT2D eigenvalue weighted by Gasteiger charge is 2.26. The molecule has 0 saturated carbocycles. The van der Waals surface area contributed by atoms with Gasteiger partial charge in [-0.25, -0.2) is 9.97 Å². The van der Waals surface area contributed by atoms with Crippen LogP contribution in [-0.2, 0) is 0 Å². The van der Waals surface area contributed by atoms with E-state index in [1.54, 1.807) is 4.90 Å². The van der Waals surface area contributed by atoms with Crippen molar-refractivity contribution in [2.45, 2.75) is 32.6 Å². The Hall–Kier alpha value is -2.94. The minimum Gasteiger partial charge on any atom is -0.364 e. The zero-order chi connectivity index (χ0) is 17.1. The fourth-order valence-corrected chi connectivity index (χ4v) is 1.98. The van der Waals surface area contributed by atoms with Crippen molar-refractivity contribution in [2.75, 3.05) is 29.9 Å². The lowest BCUT2D eigenvalue weighted by atomic mass is 10.3. The Balaban J connectivity index is 3.14. The van der Waals surface area contributed by atoms with Crippen LogP contribution in [0.5, 0.6) is 0 Å². The molecule has 0 radical (unpaired) electrons. The van der Waals surface area contributed by atoms with Crippen molar-refractivity contribution >= 4 is 17.3 Å². The minimum atomic E-state index is -0.532. The second-order valence-electron chi connectivity index (χ2n) is 4.74. The summed E-state index contributed by atoms with van der Waals surface area (Å²) in [5.74, 6) is 0.293. The van der Waals surface area contributed by atoms with Gasteiger partial charge in [-0.15, -0.1) is 0 Å². The monoisotopic (exact) mass is 317 g/mol. The number of hydrogen-bond donors (Lipinski definition) is 1. The number of anilines is 2. The summed E-state index contributed by atoms with van der Waals surface area (Å²) < 4.78 is 0. The first-order valence-electron chi connectivity index (χ1n) is 7.37. The summed E-state index contributed by atoms with van der Waals surface area (Å²) in [5.41, 5.74) is -0.223. The van der Waals surface area contributed by atoms with Gasteiger partial charge in [0.2, 0.25) is 11.6 Å². The summed E-state index contributed by atoms with van der Waals surface area (Å²) in [6.45, 7) is 3.13. The van der Waals surface area contributed by atoms with Gasteiger partial charge in [0.15, 0.2) is 0 Å². The molecular weight excluding hydrogens is 298 g/mol. The lowest BCUT2D eigenvalue weighted by molar-refractivity contribution is -0.383. The fraction of sp³-hybridized carbons (Fsp3) is 0.571. The van der Waals surface area contributed by atoms with Gasteiger partial charge >= 0.3 is 5.69 Å². The van der Waals surface area contributed by atoms with Gasteiger partial charge in [-0.05, 0) is 6.42 Å². The van der Waals surface area contributed by atoms with Crippen molar-refractivity contribution in [3.05, 3.63) is 16.4 Å². The summed E-state index contributed by atoms with van der Waals surface area (Å²) in [5, 5.41) is 31.9. The molecule has 0 spiro atoms. The Morgan fingerprint density at radius 1 is 1.30 bits per heavy atom. The highest BCUT2D eigenvalue weighted by molar-refractivity contribution is 5.70. The van der Waals surface area contributed by atoms with Gasteiger partial charge in [-0.2, -0.15) is 10.5 Å². The number of nitro groups is 1. The van der Waals surface area contributed by atoms with Crippen molar-refractivity contribution < 1.29 is 4.92 Å². The molecular formula is C14H19N7O2. The molecule has 0 bridgehead atoms. The number of unbranched alkanes of at least 4 members (excludes halogenated alkanes) is 1. The lowest BCUT2D eigenvalue weighted by Crippen LogP contribution is -2.27. The minimum absolute atomic E-state index is 0.134. The number of rotatable bonds is 10. The second-order valence-corrected chi connectivity index (χ2v) is 4.74. The molecule has 1 aromatic rings. The molecule has 0 amide bonds. The van der Waals surface area contributed by atoms with Crippen LogP contribution in [0.2, 0.25) is 0 Å². The average Bonchev–Trinajstić information content (AvgIpc) is 2.55. The molecule has 0 aliphatic carbocycles. The molecule has 0 aliphatic rings. The molecule has 0 aliphatic heterocycles. The van der Waals surface area contributed by atoms with Crippen molar-refractivity contribution in [1.82, 2.24) is 9.97 Å². The summed E-state index contributed by atoms with van der Waals surface area (Å²) in [6, 6.07) is 3.99. The van der Waals surface area contributed by atoms with Crippen molar-refractivity contribution in [2.24, 2.45) is 0 Å². The van der Waals surface area contributed by atoms with Crippen LogP contribution in [0, 0.1) is 32.8 Å². The number of aromatic nitrogens is 2. The molecule has 1 aromatic heterocycles. The summed E-state index contributed by atoms with van der Waals surface area (Å²) in [7, 11) is 0. The topological polar surface area (TPSA) is 132 Å². The van der Waals surface area contributed by atoms with E-state index in [9.17, 15) is 10.1 Å². The molecule has 0 fully saturated rings. The molecule has 9 nitrogen and oxygen atoms in total. The average molecular weight is 317 g/mol. The van der Waals surface area contributed by atoms with Crippen LogP contribution in [0.3, 0.4) is 0 Å². The predicted molar refractivity (Wildman–Crippen MR) is 84.8 cm³/mol. The molecule has 1 heterocycles. The van der Waals surface area contributed by atoms with Crippen LogP contribution in [0.25, 0.3) is 0 Å². The van der Waals surface area contributed by atoms with E-state index in [1.807, 2.05) is 19.1 Å². The molecule has 1 rings (SSSR count). The van der Waals surface area contributed by atoms with E-state index in [0.29, 0.717) is 6.54 Å². The van der Waals surface area contributed by atoms with E-state index in [1.165, 1.54) is 6.33 Å². The van der Waals surface area contributed by atoms with Gasteiger partial charge in [0.1, 0.15) is 6.33 Å². The van der Waals surface area contributed by atoms with Crippen molar-refractivity contribution in [3.63, 3.8) is 0 Å². The second kappa shape index (κ2) is 9.90. The summed E-state index contributed by atoms with van der Waals surface area (Å²) in [6.07, 6.45) is 3.44. The Morgan fingerprint density at radius 3 is 2.48 bits per heavy atom. The predicted octanol–water partition coefficient (Wildman–Crippen LogP) is 2.23. The standard InChI is InChI=1S/C14H19N7O2/c1-2-3-8-17-13-12(21(22)23)14(19-11-18-13)20(9-4-6-15)10-5-7-16/h11H,2-5,8-10H2,1H3,(H,17,18,19). The Kier molecular flexibility index (Phi) is 7.79. The summed E-state index contributed by atoms with van der Waals surface area (Å²) >= 11 is 0. The molecule has 0 aromatic carbocycles. The van der Waals surface area contributed by atoms with Gasteiger partial charge in [0.05, 0.1) is 29.9 Å². The maximum Gasteiger partial charge on any atom is 0.353 e. The molecule has 9 heteroatoms. The highest BCUT2D eigenvalue weighted by Crippen LogP contribution is 2.31. The van der Waals surface area contributed by atoms with E-state index in [-0.39, 0.29) is 43.3 Å². The van der Waals surface area contributed by atoms with Gasteiger partial charge in [-0.1, -0.05) is 13.3 Å². The number of nitrogens with one attached hydrogen (secondary N) is 1.